The van der Waals surface area contributed by atoms with Crippen LogP contribution in [0.3, 0.4) is 0 Å². The van der Waals surface area contributed by atoms with Crippen LogP contribution in [0.5, 0.6) is 0 Å². The van der Waals surface area contributed by atoms with Crippen LogP contribution in [0.1, 0.15) is 20.7 Å². The molecule has 0 unspecified atom stereocenters. The predicted octanol–water partition coefficient (Wildman–Crippen LogP) is 3.08. The number of nitro groups is 1. The van der Waals surface area contributed by atoms with Gasteiger partial charge in [0.2, 0.25) is 0 Å². The zero-order valence-electron chi connectivity index (χ0n) is 14.5. The van der Waals surface area contributed by atoms with Gasteiger partial charge < -0.3 is 16.4 Å². The average Bonchev–Trinajstić information content (AvgIpc) is 2.69. The number of carbonyl (C=O) groups excluding carboxylic acids is 2. The summed E-state index contributed by atoms with van der Waals surface area (Å²) in [5.41, 5.74) is 6.59. The van der Waals surface area contributed by atoms with Crippen LogP contribution in [0.4, 0.5) is 22.7 Å². The maximum Gasteiger partial charge on any atom is 0.292 e. The van der Waals surface area contributed by atoms with E-state index in [4.69, 9.17) is 5.73 Å². The first kappa shape index (κ1) is 18.5. The Kier molecular flexibility index (Phi) is 5.26. The molecule has 0 saturated carbocycles. The lowest BCUT2D eigenvalue weighted by Gasteiger charge is -2.09. The molecule has 0 bridgehead atoms. The number of nitro benzene ring substituents is 1. The lowest BCUT2D eigenvalue weighted by atomic mass is 10.1. The van der Waals surface area contributed by atoms with E-state index in [0.29, 0.717) is 16.9 Å². The fourth-order valence-corrected chi connectivity index (χ4v) is 2.43. The molecule has 0 aliphatic carbocycles. The highest BCUT2D eigenvalue weighted by molar-refractivity contribution is 6.06. The lowest BCUT2D eigenvalue weighted by Crippen LogP contribution is -2.14. The van der Waals surface area contributed by atoms with Crippen LogP contribution in [0.25, 0.3) is 0 Å². The van der Waals surface area contributed by atoms with Gasteiger partial charge in [-0.05, 0) is 42.5 Å². The second-order valence-corrected chi connectivity index (χ2v) is 5.76. The Morgan fingerprint density at radius 3 is 2.11 bits per heavy atom. The largest absolute Gasteiger partial charge is 0.393 e. The first-order chi connectivity index (χ1) is 13.4. The second-order valence-electron chi connectivity index (χ2n) is 5.76. The summed E-state index contributed by atoms with van der Waals surface area (Å²) in [5, 5.41) is 16.3. The van der Waals surface area contributed by atoms with Gasteiger partial charge in [-0.15, -0.1) is 0 Å². The second kappa shape index (κ2) is 7.96. The number of carbonyl (C=O) groups is 2. The maximum atomic E-state index is 12.4. The Bertz CT molecular complexity index is 1050. The SMILES string of the molecule is Nc1ccc(C(=O)Nc2cccc(NC(=O)c3ccncc3)c2)cc1[N+](=O)[O-]. The number of nitrogens with zero attached hydrogens (tertiary/aromatic N) is 2. The van der Waals surface area contributed by atoms with Gasteiger partial charge in [-0.3, -0.25) is 24.7 Å². The molecule has 1 aromatic heterocycles. The molecule has 2 aromatic carbocycles. The molecule has 3 aromatic rings. The number of hydrogen-bond acceptors (Lipinski definition) is 6. The van der Waals surface area contributed by atoms with Crippen molar-refractivity contribution < 1.29 is 14.5 Å². The van der Waals surface area contributed by atoms with Crippen molar-refractivity contribution in [2.45, 2.75) is 0 Å². The van der Waals surface area contributed by atoms with E-state index in [1.165, 1.54) is 24.5 Å². The topological polar surface area (TPSA) is 140 Å². The number of nitrogens with one attached hydrogen (secondary N) is 2. The average molecular weight is 377 g/mol. The molecule has 0 radical (unpaired) electrons. The molecular formula is C19H15N5O4. The Morgan fingerprint density at radius 2 is 1.50 bits per heavy atom. The molecule has 0 fully saturated rings. The fourth-order valence-electron chi connectivity index (χ4n) is 2.43. The Hall–Kier alpha value is -4.27. The molecule has 9 heteroatoms. The van der Waals surface area contributed by atoms with Gasteiger partial charge in [0.25, 0.3) is 17.5 Å². The summed E-state index contributed by atoms with van der Waals surface area (Å²) in [6.07, 6.45) is 3.02. The number of anilines is 3. The minimum absolute atomic E-state index is 0.0256. The van der Waals surface area contributed by atoms with Crippen molar-refractivity contribution in [3.63, 3.8) is 0 Å². The van der Waals surface area contributed by atoms with E-state index in [9.17, 15) is 19.7 Å². The number of amides is 2. The normalized spacial score (nSPS) is 10.1. The third kappa shape index (κ3) is 4.28. The predicted molar refractivity (Wildman–Crippen MR) is 104 cm³/mol. The van der Waals surface area contributed by atoms with Crippen LogP contribution in [-0.4, -0.2) is 21.7 Å². The van der Waals surface area contributed by atoms with Crippen molar-refractivity contribution in [3.05, 3.63) is 88.2 Å². The summed E-state index contributed by atoms with van der Waals surface area (Å²) in [4.78, 5) is 38.8. The smallest absolute Gasteiger partial charge is 0.292 e. The molecule has 0 aliphatic rings. The van der Waals surface area contributed by atoms with E-state index >= 15 is 0 Å². The molecule has 1 heterocycles. The van der Waals surface area contributed by atoms with Crippen LogP contribution in [0.15, 0.2) is 67.0 Å². The maximum absolute atomic E-state index is 12.4. The Labute approximate surface area is 159 Å². The van der Waals surface area contributed by atoms with Gasteiger partial charge in [0.15, 0.2) is 0 Å². The summed E-state index contributed by atoms with van der Waals surface area (Å²) in [6, 6.07) is 13.5. The Morgan fingerprint density at radius 1 is 0.893 bits per heavy atom. The van der Waals surface area contributed by atoms with Crippen LogP contribution in [-0.2, 0) is 0 Å². The number of hydrogen-bond donors (Lipinski definition) is 3. The standard InChI is InChI=1S/C19H15N5O4/c20-16-5-4-13(10-17(16)24(27)28)19(26)23-15-3-1-2-14(11-15)22-18(25)12-6-8-21-9-7-12/h1-11H,20H2,(H,22,25)(H,23,26). The molecule has 2 amide bonds. The quantitative estimate of drug-likeness (QED) is 0.354. The molecule has 0 atom stereocenters. The first-order valence-electron chi connectivity index (χ1n) is 8.11. The molecule has 140 valence electrons. The van der Waals surface area contributed by atoms with Crippen LogP contribution >= 0.6 is 0 Å². The van der Waals surface area contributed by atoms with E-state index in [1.807, 2.05) is 0 Å². The van der Waals surface area contributed by atoms with E-state index in [2.05, 4.69) is 15.6 Å². The number of pyridine rings is 1. The van der Waals surface area contributed by atoms with Gasteiger partial charge in [-0.2, -0.15) is 0 Å². The summed E-state index contributed by atoms with van der Waals surface area (Å²) in [5.74, 6) is -0.860. The number of benzene rings is 2. The van der Waals surface area contributed by atoms with E-state index < -0.39 is 10.8 Å². The van der Waals surface area contributed by atoms with Crippen LogP contribution in [0, 0.1) is 10.1 Å². The van der Waals surface area contributed by atoms with Gasteiger partial charge in [-0.25, -0.2) is 0 Å². The molecule has 28 heavy (non-hydrogen) atoms. The number of nitrogen functional groups attached to an aromatic ring is 1. The van der Waals surface area contributed by atoms with E-state index in [-0.39, 0.29) is 22.8 Å². The molecule has 4 N–H and O–H groups in total. The van der Waals surface area contributed by atoms with Crippen molar-refractivity contribution >= 4 is 34.6 Å². The lowest BCUT2D eigenvalue weighted by molar-refractivity contribution is -0.383. The molecule has 3 rings (SSSR count). The summed E-state index contributed by atoms with van der Waals surface area (Å²) in [7, 11) is 0. The van der Waals surface area contributed by atoms with Crippen molar-refractivity contribution in [3.8, 4) is 0 Å². The van der Waals surface area contributed by atoms with Crippen molar-refractivity contribution in [1.82, 2.24) is 4.98 Å². The van der Waals surface area contributed by atoms with Gasteiger partial charge in [0, 0.05) is 41.0 Å². The minimum atomic E-state index is -0.651. The van der Waals surface area contributed by atoms with Crippen molar-refractivity contribution in [2.75, 3.05) is 16.4 Å². The van der Waals surface area contributed by atoms with Crippen molar-refractivity contribution in [2.24, 2.45) is 0 Å². The summed E-state index contributed by atoms with van der Waals surface area (Å²) in [6.45, 7) is 0. The number of aromatic nitrogens is 1. The fraction of sp³-hybridized carbons (Fsp3) is 0. The first-order valence-corrected chi connectivity index (χ1v) is 8.11. The number of rotatable bonds is 5. The van der Waals surface area contributed by atoms with Gasteiger partial charge >= 0.3 is 0 Å². The minimum Gasteiger partial charge on any atom is -0.393 e. The van der Waals surface area contributed by atoms with E-state index in [1.54, 1.807) is 36.4 Å². The summed E-state index contributed by atoms with van der Waals surface area (Å²) < 4.78 is 0. The third-order valence-electron chi connectivity index (χ3n) is 3.81. The molecular weight excluding hydrogens is 362 g/mol. The molecule has 9 nitrogen and oxygen atoms in total. The summed E-state index contributed by atoms with van der Waals surface area (Å²) >= 11 is 0. The van der Waals surface area contributed by atoms with Crippen LogP contribution < -0.4 is 16.4 Å². The highest BCUT2D eigenvalue weighted by atomic mass is 16.6. The van der Waals surface area contributed by atoms with Gasteiger partial charge in [-0.1, -0.05) is 6.07 Å². The van der Waals surface area contributed by atoms with Crippen LogP contribution in [0.2, 0.25) is 0 Å². The molecule has 0 saturated heterocycles. The zero-order chi connectivity index (χ0) is 20.1. The highest BCUT2D eigenvalue weighted by Crippen LogP contribution is 2.23. The number of nitrogens with two attached hydrogens (primary N) is 1. The van der Waals surface area contributed by atoms with Gasteiger partial charge in [0.1, 0.15) is 5.69 Å². The van der Waals surface area contributed by atoms with Crippen molar-refractivity contribution in [1.29, 1.82) is 0 Å². The van der Waals surface area contributed by atoms with Gasteiger partial charge in [0.05, 0.1) is 4.92 Å². The molecule has 0 spiro atoms. The molecule has 0 aliphatic heterocycles. The third-order valence-corrected chi connectivity index (χ3v) is 3.81. The Balaban J connectivity index is 1.74. The highest BCUT2D eigenvalue weighted by Gasteiger charge is 2.16. The monoisotopic (exact) mass is 377 g/mol. The zero-order valence-corrected chi connectivity index (χ0v) is 14.5. The van der Waals surface area contributed by atoms with E-state index in [0.717, 1.165) is 6.07 Å².